The molecular formula is C8H13BrN2. The van der Waals surface area contributed by atoms with Gasteiger partial charge < -0.3 is 5.43 Å². The Balaban J connectivity index is 0.000001000. The largest absolute Gasteiger partial charge is 0.324 e. The SMILES string of the molecule is Br.CCc1ccccc1NN. The number of halogens is 1. The van der Waals surface area contributed by atoms with Gasteiger partial charge in [-0.1, -0.05) is 25.1 Å². The van der Waals surface area contributed by atoms with Crippen molar-refractivity contribution in [2.75, 3.05) is 5.43 Å². The minimum absolute atomic E-state index is 0. The quantitative estimate of drug-likeness (QED) is 0.588. The van der Waals surface area contributed by atoms with Gasteiger partial charge in [-0.15, -0.1) is 17.0 Å². The molecule has 1 aromatic carbocycles. The molecule has 0 saturated carbocycles. The lowest BCUT2D eigenvalue weighted by Gasteiger charge is -2.04. The summed E-state index contributed by atoms with van der Waals surface area (Å²) in [5.74, 6) is 5.28. The first-order chi connectivity index (χ1) is 4.88. The van der Waals surface area contributed by atoms with Crippen molar-refractivity contribution in [3.05, 3.63) is 29.8 Å². The lowest BCUT2D eigenvalue weighted by Crippen LogP contribution is -2.08. The van der Waals surface area contributed by atoms with E-state index in [-0.39, 0.29) is 17.0 Å². The lowest BCUT2D eigenvalue weighted by atomic mass is 10.1. The summed E-state index contributed by atoms with van der Waals surface area (Å²) in [6.07, 6.45) is 1.01. The third-order valence-electron chi connectivity index (χ3n) is 1.55. The van der Waals surface area contributed by atoms with Crippen LogP contribution in [0.15, 0.2) is 24.3 Å². The molecule has 0 saturated heterocycles. The molecule has 2 nitrogen and oxygen atoms in total. The average molecular weight is 217 g/mol. The van der Waals surface area contributed by atoms with Crippen LogP contribution in [0.4, 0.5) is 5.69 Å². The first kappa shape index (κ1) is 10.5. The summed E-state index contributed by atoms with van der Waals surface area (Å²) in [5.41, 5.74) is 4.92. The van der Waals surface area contributed by atoms with Crippen LogP contribution in [0.5, 0.6) is 0 Å². The molecule has 11 heavy (non-hydrogen) atoms. The molecule has 0 fully saturated rings. The molecule has 0 amide bonds. The number of hydrogen-bond acceptors (Lipinski definition) is 2. The Morgan fingerprint density at radius 3 is 2.45 bits per heavy atom. The van der Waals surface area contributed by atoms with Crippen molar-refractivity contribution in [3.8, 4) is 0 Å². The van der Waals surface area contributed by atoms with E-state index in [1.165, 1.54) is 5.56 Å². The molecule has 1 rings (SSSR count). The Morgan fingerprint density at radius 2 is 2.00 bits per heavy atom. The number of para-hydroxylation sites is 1. The molecule has 0 aliphatic carbocycles. The topological polar surface area (TPSA) is 38.0 Å². The summed E-state index contributed by atoms with van der Waals surface area (Å²) in [5, 5.41) is 0. The third kappa shape index (κ3) is 2.52. The first-order valence-electron chi connectivity index (χ1n) is 3.43. The predicted octanol–water partition coefficient (Wildman–Crippen LogP) is 2.11. The lowest BCUT2D eigenvalue weighted by molar-refractivity contribution is 1.13. The number of nitrogens with one attached hydrogen (secondary N) is 1. The monoisotopic (exact) mass is 216 g/mol. The van der Waals surface area contributed by atoms with E-state index in [0.29, 0.717) is 0 Å². The van der Waals surface area contributed by atoms with Gasteiger partial charge in [0, 0.05) is 0 Å². The van der Waals surface area contributed by atoms with Crippen molar-refractivity contribution in [3.63, 3.8) is 0 Å². The predicted molar refractivity (Wildman–Crippen MR) is 54.0 cm³/mol. The Morgan fingerprint density at radius 1 is 1.36 bits per heavy atom. The molecule has 1 aromatic rings. The van der Waals surface area contributed by atoms with Crippen LogP contribution in [0.2, 0.25) is 0 Å². The number of benzene rings is 1. The van der Waals surface area contributed by atoms with E-state index in [2.05, 4.69) is 18.4 Å². The molecule has 0 aliphatic rings. The van der Waals surface area contributed by atoms with Crippen LogP contribution in [-0.2, 0) is 6.42 Å². The number of hydrazine groups is 1. The van der Waals surface area contributed by atoms with E-state index in [1.54, 1.807) is 0 Å². The molecule has 0 spiro atoms. The third-order valence-corrected chi connectivity index (χ3v) is 1.55. The van der Waals surface area contributed by atoms with Crippen molar-refractivity contribution < 1.29 is 0 Å². The second-order valence-electron chi connectivity index (χ2n) is 2.16. The van der Waals surface area contributed by atoms with Crippen LogP contribution in [0, 0.1) is 0 Å². The minimum atomic E-state index is 0. The number of anilines is 1. The van der Waals surface area contributed by atoms with Crippen LogP contribution in [0.1, 0.15) is 12.5 Å². The second kappa shape index (κ2) is 5.16. The number of aryl methyl sites for hydroxylation is 1. The fraction of sp³-hybridized carbons (Fsp3) is 0.250. The molecule has 0 aromatic heterocycles. The summed E-state index contributed by atoms with van der Waals surface area (Å²) < 4.78 is 0. The Kier molecular flexibility index (Phi) is 4.90. The van der Waals surface area contributed by atoms with Gasteiger partial charge in [0.1, 0.15) is 0 Å². The Hall–Kier alpha value is -0.540. The maximum atomic E-state index is 5.28. The van der Waals surface area contributed by atoms with Crippen LogP contribution >= 0.6 is 17.0 Å². The van der Waals surface area contributed by atoms with E-state index in [1.807, 2.05) is 18.2 Å². The Labute approximate surface area is 77.5 Å². The fourth-order valence-electron chi connectivity index (χ4n) is 0.969. The molecule has 3 heteroatoms. The molecule has 0 heterocycles. The minimum Gasteiger partial charge on any atom is -0.324 e. The number of hydrogen-bond donors (Lipinski definition) is 2. The zero-order valence-electron chi connectivity index (χ0n) is 6.50. The summed E-state index contributed by atoms with van der Waals surface area (Å²) in [6, 6.07) is 8.02. The smallest absolute Gasteiger partial charge is 0.0516 e. The molecule has 0 atom stereocenters. The molecule has 62 valence electrons. The van der Waals surface area contributed by atoms with Crippen molar-refractivity contribution >= 4 is 22.7 Å². The van der Waals surface area contributed by atoms with Crippen LogP contribution in [-0.4, -0.2) is 0 Å². The Bertz CT molecular complexity index is 190. The molecule has 3 N–H and O–H groups in total. The van der Waals surface area contributed by atoms with E-state index in [9.17, 15) is 0 Å². The van der Waals surface area contributed by atoms with Crippen molar-refractivity contribution in [2.45, 2.75) is 13.3 Å². The van der Waals surface area contributed by atoms with Crippen molar-refractivity contribution in [1.82, 2.24) is 0 Å². The van der Waals surface area contributed by atoms with Crippen LogP contribution < -0.4 is 11.3 Å². The van der Waals surface area contributed by atoms with Gasteiger partial charge in [0.15, 0.2) is 0 Å². The van der Waals surface area contributed by atoms with Gasteiger partial charge in [0.25, 0.3) is 0 Å². The second-order valence-corrected chi connectivity index (χ2v) is 2.16. The fourth-order valence-corrected chi connectivity index (χ4v) is 0.969. The van der Waals surface area contributed by atoms with E-state index < -0.39 is 0 Å². The van der Waals surface area contributed by atoms with E-state index in [4.69, 9.17) is 5.84 Å². The van der Waals surface area contributed by atoms with Gasteiger partial charge >= 0.3 is 0 Å². The highest BCUT2D eigenvalue weighted by Gasteiger charge is 1.93. The van der Waals surface area contributed by atoms with Crippen molar-refractivity contribution in [2.24, 2.45) is 5.84 Å². The highest BCUT2D eigenvalue weighted by atomic mass is 79.9. The van der Waals surface area contributed by atoms with E-state index in [0.717, 1.165) is 12.1 Å². The standard InChI is InChI=1S/C8H12N2.BrH/c1-2-7-5-3-4-6-8(7)10-9;/h3-6,10H,2,9H2,1H3;1H. The highest BCUT2D eigenvalue weighted by molar-refractivity contribution is 8.93. The first-order valence-corrected chi connectivity index (χ1v) is 3.43. The number of rotatable bonds is 2. The number of nitrogen functional groups attached to an aromatic ring is 1. The molecule has 0 aliphatic heterocycles. The van der Waals surface area contributed by atoms with Gasteiger partial charge in [-0.2, -0.15) is 0 Å². The van der Waals surface area contributed by atoms with Crippen molar-refractivity contribution in [1.29, 1.82) is 0 Å². The van der Waals surface area contributed by atoms with E-state index >= 15 is 0 Å². The summed E-state index contributed by atoms with van der Waals surface area (Å²) in [4.78, 5) is 0. The van der Waals surface area contributed by atoms with Gasteiger partial charge in [0.2, 0.25) is 0 Å². The van der Waals surface area contributed by atoms with Crippen LogP contribution in [0.25, 0.3) is 0 Å². The van der Waals surface area contributed by atoms with Gasteiger partial charge in [-0.25, -0.2) is 0 Å². The molecule has 0 unspecified atom stereocenters. The molecular weight excluding hydrogens is 204 g/mol. The zero-order chi connectivity index (χ0) is 7.40. The average Bonchev–Trinajstić information content (AvgIpc) is 2.04. The summed E-state index contributed by atoms with van der Waals surface area (Å²) in [7, 11) is 0. The molecule has 0 radical (unpaired) electrons. The van der Waals surface area contributed by atoms with Crippen LogP contribution in [0.3, 0.4) is 0 Å². The zero-order valence-corrected chi connectivity index (χ0v) is 8.22. The maximum absolute atomic E-state index is 5.28. The number of nitrogens with two attached hydrogens (primary N) is 1. The highest BCUT2D eigenvalue weighted by Crippen LogP contribution is 2.12. The van der Waals surface area contributed by atoms with Gasteiger partial charge in [-0.05, 0) is 18.1 Å². The summed E-state index contributed by atoms with van der Waals surface area (Å²) in [6.45, 7) is 2.11. The van der Waals surface area contributed by atoms with Gasteiger partial charge in [0.05, 0.1) is 5.69 Å². The van der Waals surface area contributed by atoms with Gasteiger partial charge in [-0.3, -0.25) is 5.84 Å². The summed E-state index contributed by atoms with van der Waals surface area (Å²) >= 11 is 0. The normalized spacial score (nSPS) is 8.55. The maximum Gasteiger partial charge on any atom is 0.0516 e. The molecule has 0 bridgehead atoms.